The number of hydrogen-bond donors (Lipinski definition) is 1. The summed E-state index contributed by atoms with van der Waals surface area (Å²) in [5.74, 6) is 0.0339. The van der Waals surface area contributed by atoms with Gasteiger partial charge in [0.25, 0.3) is 0 Å². The Balaban J connectivity index is 2.30. The predicted octanol–water partition coefficient (Wildman–Crippen LogP) is 1.45. The Morgan fingerprint density at radius 1 is 1.71 bits per heavy atom. The van der Waals surface area contributed by atoms with Gasteiger partial charge in [-0.2, -0.15) is 5.10 Å². The number of aromatic nitrogens is 2. The summed E-state index contributed by atoms with van der Waals surface area (Å²) in [5, 5.41) is 7.37. The summed E-state index contributed by atoms with van der Waals surface area (Å²) in [4.78, 5) is 11.2. The highest BCUT2D eigenvalue weighted by molar-refractivity contribution is 6.30. The Hall–Kier alpha value is -1.03. The molecule has 0 saturated carbocycles. The van der Waals surface area contributed by atoms with Gasteiger partial charge in [0.2, 0.25) is 5.91 Å². The van der Waals surface area contributed by atoms with Crippen LogP contribution in [0.3, 0.4) is 0 Å². The van der Waals surface area contributed by atoms with E-state index in [0.717, 1.165) is 0 Å². The molecule has 14 heavy (non-hydrogen) atoms. The van der Waals surface area contributed by atoms with E-state index >= 15 is 0 Å². The molecule has 1 rings (SSSR count). The third kappa shape index (κ3) is 3.79. The van der Waals surface area contributed by atoms with Gasteiger partial charge in [0.05, 0.1) is 11.2 Å². The summed E-state index contributed by atoms with van der Waals surface area (Å²) in [7, 11) is 0. The molecule has 1 N–H and O–H groups in total. The third-order valence-corrected chi connectivity index (χ3v) is 1.81. The van der Waals surface area contributed by atoms with Gasteiger partial charge >= 0.3 is 0 Å². The molecule has 5 heteroatoms. The van der Waals surface area contributed by atoms with Gasteiger partial charge < -0.3 is 5.32 Å². The fraction of sp³-hybridized carbons (Fsp3) is 0.556. The molecule has 1 heterocycles. The summed E-state index contributed by atoms with van der Waals surface area (Å²) < 4.78 is 1.66. The van der Waals surface area contributed by atoms with Gasteiger partial charge in [-0.15, -0.1) is 0 Å². The van der Waals surface area contributed by atoms with E-state index in [4.69, 9.17) is 11.6 Å². The van der Waals surface area contributed by atoms with Crippen molar-refractivity contribution in [3.8, 4) is 0 Å². The molecular weight excluding hydrogens is 202 g/mol. The van der Waals surface area contributed by atoms with E-state index in [1.165, 1.54) is 0 Å². The molecule has 0 aliphatic carbocycles. The molecule has 1 aromatic rings. The highest BCUT2D eigenvalue weighted by atomic mass is 35.5. The highest BCUT2D eigenvalue weighted by Gasteiger charge is 2.03. The number of nitrogens with one attached hydrogen (secondary N) is 1. The lowest BCUT2D eigenvalue weighted by Crippen LogP contribution is -2.30. The minimum Gasteiger partial charge on any atom is -0.354 e. The number of hydrogen-bond acceptors (Lipinski definition) is 2. The molecule has 1 amide bonds. The van der Waals surface area contributed by atoms with Crippen molar-refractivity contribution in [2.24, 2.45) is 0 Å². The number of carbonyl (C=O) groups excluding carboxylic acids is 1. The van der Waals surface area contributed by atoms with Crippen LogP contribution in [0.2, 0.25) is 5.02 Å². The molecule has 78 valence electrons. The Labute approximate surface area is 88.2 Å². The number of amides is 1. The topological polar surface area (TPSA) is 46.9 Å². The first-order valence-electron chi connectivity index (χ1n) is 4.55. The van der Waals surface area contributed by atoms with E-state index in [1.807, 2.05) is 13.8 Å². The van der Waals surface area contributed by atoms with Crippen molar-refractivity contribution < 1.29 is 4.79 Å². The Kier molecular flexibility index (Phi) is 3.95. The van der Waals surface area contributed by atoms with Gasteiger partial charge in [-0.25, -0.2) is 0 Å². The Morgan fingerprint density at radius 2 is 2.43 bits per heavy atom. The van der Waals surface area contributed by atoms with E-state index in [0.29, 0.717) is 18.0 Å². The van der Waals surface area contributed by atoms with Crippen LogP contribution in [0.4, 0.5) is 0 Å². The quantitative estimate of drug-likeness (QED) is 0.827. The van der Waals surface area contributed by atoms with E-state index in [2.05, 4.69) is 10.4 Å². The lowest BCUT2D eigenvalue weighted by atomic mass is 10.3. The smallest absolute Gasteiger partial charge is 0.222 e. The highest BCUT2D eigenvalue weighted by Crippen LogP contribution is 2.04. The Bertz CT molecular complexity index is 309. The molecule has 0 atom stereocenters. The van der Waals surface area contributed by atoms with Gasteiger partial charge in [0.1, 0.15) is 0 Å². The second-order valence-electron chi connectivity index (χ2n) is 3.39. The second kappa shape index (κ2) is 5.00. The van der Waals surface area contributed by atoms with Gasteiger partial charge in [-0.1, -0.05) is 11.6 Å². The summed E-state index contributed by atoms with van der Waals surface area (Å²) in [6, 6.07) is 0.184. The number of carbonyl (C=O) groups is 1. The molecule has 0 saturated heterocycles. The van der Waals surface area contributed by atoms with Crippen LogP contribution in [0.25, 0.3) is 0 Å². The lowest BCUT2D eigenvalue weighted by Gasteiger charge is -2.07. The zero-order chi connectivity index (χ0) is 10.6. The summed E-state index contributed by atoms with van der Waals surface area (Å²) in [6.07, 6.45) is 3.68. The van der Waals surface area contributed by atoms with Crippen LogP contribution in [0.5, 0.6) is 0 Å². The lowest BCUT2D eigenvalue weighted by molar-refractivity contribution is -0.121. The van der Waals surface area contributed by atoms with Crippen molar-refractivity contribution in [2.75, 3.05) is 0 Å². The van der Waals surface area contributed by atoms with Crippen molar-refractivity contribution in [1.29, 1.82) is 0 Å². The predicted molar refractivity (Wildman–Crippen MR) is 55.1 cm³/mol. The van der Waals surface area contributed by atoms with Gasteiger partial charge in [0.15, 0.2) is 0 Å². The van der Waals surface area contributed by atoms with Crippen molar-refractivity contribution in [3.63, 3.8) is 0 Å². The first-order chi connectivity index (χ1) is 6.58. The summed E-state index contributed by atoms with van der Waals surface area (Å²) in [6.45, 7) is 4.43. The molecule has 1 aromatic heterocycles. The standard InChI is InChI=1S/C9H14ClN3O/c1-7(2)12-9(14)3-4-13-6-8(10)5-11-13/h5-7H,3-4H2,1-2H3,(H,12,14). The average Bonchev–Trinajstić information content (AvgIpc) is 2.47. The largest absolute Gasteiger partial charge is 0.354 e. The van der Waals surface area contributed by atoms with Crippen LogP contribution >= 0.6 is 11.6 Å². The molecule has 0 spiro atoms. The minimum absolute atomic E-state index is 0.0339. The van der Waals surface area contributed by atoms with E-state index in [1.54, 1.807) is 17.1 Å². The molecule has 0 bridgehead atoms. The average molecular weight is 216 g/mol. The van der Waals surface area contributed by atoms with Crippen LogP contribution in [-0.2, 0) is 11.3 Å². The molecule has 0 aromatic carbocycles. The molecule has 0 aliphatic heterocycles. The van der Waals surface area contributed by atoms with Crippen LogP contribution in [-0.4, -0.2) is 21.7 Å². The fourth-order valence-electron chi connectivity index (χ4n) is 1.07. The normalized spacial score (nSPS) is 10.6. The molecule has 0 aliphatic rings. The zero-order valence-electron chi connectivity index (χ0n) is 8.33. The van der Waals surface area contributed by atoms with Gasteiger partial charge in [-0.3, -0.25) is 9.48 Å². The number of aryl methyl sites for hydroxylation is 1. The van der Waals surface area contributed by atoms with Gasteiger partial charge in [-0.05, 0) is 13.8 Å². The maximum atomic E-state index is 11.2. The first kappa shape index (κ1) is 11.0. The second-order valence-corrected chi connectivity index (χ2v) is 3.83. The van der Waals surface area contributed by atoms with E-state index in [-0.39, 0.29) is 11.9 Å². The molecule has 0 radical (unpaired) electrons. The monoisotopic (exact) mass is 215 g/mol. The maximum Gasteiger partial charge on any atom is 0.222 e. The maximum absolute atomic E-state index is 11.2. The number of halogens is 1. The van der Waals surface area contributed by atoms with Crippen molar-refractivity contribution in [3.05, 3.63) is 17.4 Å². The Morgan fingerprint density at radius 3 is 2.93 bits per heavy atom. The van der Waals surface area contributed by atoms with E-state index < -0.39 is 0 Å². The van der Waals surface area contributed by atoms with Crippen LogP contribution in [0.1, 0.15) is 20.3 Å². The van der Waals surface area contributed by atoms with Crippen LogP contribution < -0.4 is 5.32 Å². The molecule has 4 nitrogen and oxygen atoms in total. The number of nitrogens with zero attached hydrogens (tertiary/aromatic N) is 2. The summed E-state index contributed by atoms with van der Waals surface area (Å²) in [5.41, 5.74) is 0. The van der Waals surface area contributed by atoms with Crippen molar-refractivity contribution in [2.45, 2.75) is 32.9 Å². The van der Waals surface area contributed by atoms with Gasteiger partial charge in [0, 0.05) is 25.2 Å². The summed E-state index contributed by atoms with van der Waals surface area (Å²) >= 11 is 5.68. The van der Waals surface area contributed by atoms with Crippen LogP contribution in [0.15, 0.2) is 12.4 Å². The zero-order valence-corrected chi connectivity index (χ0v) is 9.08. The molecule has 0 fully saturated rings. The minimum atomic E-state index is 0.0339. The number of rotatable bonds is 4. The molecule has 0 unspecified atom stereocenters. The van der Waals surface area contributed by atoms with Crippen molar-refractivity contribution >= 4 is 17.5 Å². The SMILES string of the molecule is CC(C)NC(=O)CCn1cc(Cl)cn1. The fourth-order valence-corrected chi connectivity index (χ4v) is 1.23. The molecular formula is C9H14ClN3O. The van der Waals surface area contributed by atoms with Crippen LogP contribution in [0, 0.1) is 0 Å². The first-order valence-corrected chi connectivity index (χ1v) is 4.93. The van der Waals surface area contributed by atoms with Crippen molar-refractivity contribution in [1.82, 2.24) is 15.1 Å². The van der Waals surface area contributed by atoms with E-state index in [9.17, 15) is 4.79 Å². The third-order valence-electron chi connectivity index (χ3n) is 1.62.